The molecule has 0 saturated carbocycles. The Labute approximate surface area is 318 Å². The third-order valence-electron chi connectivity index (χ3n) is 11.1. The number of benzene rings is 7. The molecule has 3 heterocycles. The number of aromatic nitrogens is 3. The van der Waals surface area contributed by atoms with Crippen LogP contribution in [0.4, 0.5) is 0 Å². The van der Waals surface area contributed by atoms with Gasteiger partial charge in [0.15, 0.2) is 5.82 Å². The van der Waals surface area contributed by atoms with E-state index in [9.17, 15) is 0 Å². The summed E-state index contributed by atoms with van der Waals surface area (Å²) in [6.07, 6.45) is 3.86. The number of hydrogen-bond acceptors (Lipinski definition) is 4. The van der Waals surface area contributed by atoms with Crippen molar-refractivity contribution in [2.75, 3.05) is 0 Å². The summed E-state index contributed by atoms with van der Waals surface area (Å²) in [6, 6.07) is 63.3. The topological polar surface area (TPSA) is 38.7 Å². The SMILES string of the molecule is c1ccc(-c2cc(-c3ccccc3)nc(-c3cccc4c3-c3c(-c5cccc6cnccc56)cccc3C43c4ccccc4Sc4ccccc43)n2)cc1. The summed E-state index contributed by atoms with van der Waals surface area (Å²) in [5, 5.41) is 2.29. The molecular formula is C50H31N3S. The molecule has 0 amide bonds. The van der Waals surface area contributed by atoms with Gasteiger partial charge in [0.1, 0.15) is 0 Å². The van der Waals surface area contributed by atoms with Crippen LogP contribution in [0.2, 0.25) is 0 Å². The minimum absolute atomic E-state index is 0.555. The zero-order valence-electron chi connectivity index (χ0n) is 29.1. The van der Waals surface area contributed by atoms with E-state index >= 15 is 0 Å². The minimum atomic E-state index is -0.555. The molecule has 0 bridgehead atoms. The Balaban J connectivity index is 1.29. The first-order valence-electron chi connectivity index (χ1n) is 18.3. The zero-order chi connectivity index (χ0) is 35.6. The highest BCUT2D eigenvalue weighted by atomic mass is 32.2. The predicted octanol–water partition coefficient (Wildman–Crippen LogP) is 12.5. The first-order chi connectivity index (χ1) is 26.8. The maximum Gasteiger partial charge on any atom is 0.161 e. The third kappa shape index (κ3) is 4.54. The lowest BCUT2D eigenvalue weighted by Gasteiger charge is -2.39. The minimum Gasteiger partial charge on any atom is -0.264 e. The van der Waals surface area contributed by atoms with Crippen LogP contribution in [0.5, 0.6) is 0 Å². The van der Waals surface area contributed by atoms with Crippen molar-refractivity contribution in [3.63, 3.8) is 0 Å². The Bertz CT molecular complexity index is 2810. The molecule has 0 atom stereocenters. The summed E-state index contributed by atoms with van der Waals surface area (Å²) in [5.74, 6) is 0.707. The van der Waals surface area contributed by atoms with Crippen LogP contribution in [0.1, 0.15) is 22.3 Å². The van der Waals surface area contributed by atoms with Gasteiger partial charge in [-0.2, -0.15) is 0 Å². The molecule has 3 nitrogen and oxygen atoms in total. The molecule has 0 fully saturated rings. The first-order valence-corrected chi connectivity index (χ1v) is 19.1. The van der Waals surface area contributed by atoms with Crippen molar-refractivity contribution in [1.82, 2.24) is 15.0 Å². The van der Waals surface area contributed by atoms with Crippen LogP contribution in [-0.4, -0.2) is 15.0 Å². The molecule has 0 radical (unpaired) electrons. The van der Waals surface area contributed by atoms with Crippen LogP contribution in [-0.2, 0) is 5.41 Å². The van der Waals surface area contributed by atoms with E-state index in [2.05, 4.69) is 169 Å². The fourth-order valence-corrected chi connectivity index (χ4v) is 10.0. The maximum absolute atomic E-state index is 5.40. The maximum atomic E-state index is 5.40. The van der Waals surface area contributed by atoms with E-state index in [4.69, 9.17) is 9.97 Å². The second-order valence-corrected chi connectivity index (χ2v) is 15.0. The highest BCUT2D eigenvalue weighted by molar-refractivity contribution is 7.99. The van der Waals surface area contributed by atoms with E-state index in [0.717, 1.165) is 33.5 Å². The molecule has 1 spiro atoms. The molecule has 0 N–H and O–H groups in total. The Hall–Kier alpha value is -6.62. The van der Waals surface area contributed by atoms with Gasteiger partial charge in [-0.05, 0) is 74.2 Å². The predicted molar refractivity (Wildman–Crippen MR) is 221 cm³/mol. The van der Waals surface area contributed by atoms with Crippen molar-refractivity contribution < 1.29 is 0 Å². The Kier molecular flexibility index (Phi) is 7.01. The van der Waals surface area contributed by atoms with Crippen molar-refractivity contribution in [2.24, 2.45) is 0 Å². The van der Waals surface area contributed by atoms with Gasteiger partial charge in [-0.3, -0.25) is 4.98 Å². The number of rotatable bonds is 4. The van der Waals surface area contributed by atoms with Crippen LogP contribution in [0.25, 0.3) is 66.9 Å². The lowest BCUT2D eigenvalue weighted by Crippen LogP contribution is -2.31. The summed E-state index contributed by atoms with van der Waals surface area (Å²) in [7, 11) is 0. The van der Waals surface area contributed by atoms with Crippen molar-refractivity contribution in [3.05, 3.63) is 211 Å². The molecule has 1 aliphatic heterocycles. The molecular weight excluding hydrogens is 675 g/mol. The lowest BCUT2D eigenvalue weighted by molar-refractivity contribution is 0.722. The molecule has 2 aromatic heterocycles. The van der Waals surface area contributed by atoms with Crippen molar-refractivity contribution in [1.29, 1.82) is 0 Å². The summed E-state index contributed by atoms with van der Waals surface area (Å²) >= 11 is 1.86. The van der Waals surface area contributed by atoms with Gasteiger partial charge in [-0.25, -0.2) is 9.97 Å². The van der Waals surface area contributed by atoms with Gasteiger partial charge < -0.3 is 0 Å². The van der Waals surface area contributed by atoms with Crippen molar-refractivity contribution in [2.45, 2.75) is 15.2 Å². The second kappa shape index (κ2) is 12.2. The zero-order valence-corrected chi connectivity index (χ0v) is 30.0. The quantitative estimate of drug-likeness (QED) is 0.183. The van der Waals surface area contributed by atoms with E-state index in [-0.39, 0.29) is 0 Å². The van der Waals surface area contributed by atoms with Crippen LogP contribution in [0, 0.1) is 0 Å². The Morgan fingerprint density at radius 1 is 0.426 bits per heavy atom. The normalized spacial score (nSPS) is 13.3. The van der Waals surface area contributed by atoms with E-state index in [1.165, 1.54) is 59.7 Å². The Morgan fingerprint density at radius 2 is 0.944 bits per heavy atom. The number of hydrogen-bond donors (Lipinski definition) is 0. The van der Waals surface area contributed by atoms with E-state index in [0.29, 0.717) is 5.82 Å². The molecule has 11 rings (SSSR count). The molecule has 252 valence electrons. The lowest BCUT2D eigenvalue weighted by atomic mass is 9.67. The number of fused-ring (bicyclic) bond motifs is 10. The van der Waals surface area contributed by atoms with Crippen LogP contribution in [0.3, 0.4) is 0 Å². The highest BCUT2D eigenvalue weighted by Gasteiger charge is 2.51. The molecule has 4 heteroatoms. The summed E-state index contributed by atoms with van der Waals surface area (Å²) < 4.78 is 0. The fourth-order valence-electron chi connectivity index (χ4n) is 8.84. The molecule has 0 unspecified atom stereocenters. The number of pyridine rings is 1. The third-order valence-corrected chi connectivity index (χ3v) is 12.2. The first kappa shape index (κ1) is 31.0. The smallest absolute Gasteiger partial charge is 0.161 e. The van der Waals surface area contributed by atoms with Crippen LogP contribution in [0.15, 0.2) is 198 Å². The molecule has 2 aliphatic rings. The van der Waals surface area contributed by atoms with E-state index in [1.54, 1.807) is 0 Å². The summed E-state index contributed by atoms with van der Waals surface area (Å²) in [5.41, 5.74) is 14.2. The molecule has 9 aromatic rings. The van der Waals surface area contributed by atoms with E-state index in [1.807, 2.05) is 36.3 Å². The van der Waals surface area contributed by atoms with Crippen LogP contribution >= 0.6 is 11.8 Å². The largest absolute Gasteiger partial charge is 0.264 e. The average molecular weight is 706 g/mol. The summed E-state index contributed by atoms with van der Waals surface area (Å²) in [6.45, 7) is 0. The Morgan fingerprint density at radius 3 is 1.59 bits per heavy atom. The van der Waals surface area contributed by atoms with E-state index < -0.39 is 5.41 Å². The fraction of sp³-hybridized carbons (Fsp3) is 0.0200. The van der Waals surface area contributed by atoms with Crippen molar-refractivity contribution >= 4 is 22.5 Å². The van der Waals surface area contributed by atoms with Gasteiger partial charge in [-0.15, -0.1) is 0 Å². The molecule has 1 aliphatic carbocycles. The van der Waals surface area contributed by atoms with Gasteiger partial charge in [0.25, 0.3) is 0 Å². The van der Waals surface area contributed by atoms with Crippen LogP contribution < -0.4 is 0 Å². The van der Waals surface area contributed by atoms with Gasteiger partial charge >= 0.3 is 0 Å². The van der Waals surface area contributed by atoms with Gasteiger partial charge in [0, 0.05) is 44.3 Å². The summed E-state index contributed by atoms with van der Waals surface area (Å²) in [4.78, 5) is 17.8. The average Bonchev–Trinajstić information content (AvgIpc) is 3.55. The standard InChI is InChI=1S/C50H31N3S/c1-3-14-32(15-4-1)43-30-44(33-16-5-2-6-17-33)53-49(52-43)38-21-13-25-42-48(38)47-37(36-19-11-18-34-31-51-29-28-35(34)36)20-12-24-41(47)50(42)39-22-7-9-26-45(39)54-46-27-10-8-23-40(46)50/h1-31H. The molecule has 0 saturated heterocycles. The molecule has 7 aromatic carbocycles. The van der Waals surface area contributed by atoms with Gasteiger partial charge in [0.2, 0.25) is 0 Å². The number of nitrogens with zero attached hydrogens (tertiary/aromatic N) is 3. The molecule has 54 heavy (non-hydrogen) atoms. The highest BCUT2D eigenvalue weighted by Crippen LogP contribution is 2.64. The second-order valence-electron chi connectivity index (χ2n) is 13.9. The monoisotopic (exact) mass is 705 g/mol. The van der Waals surface area contributed by atoms with Crippen molar-refractivity contribution in [3.8, 4) is 56.2 Å². The van der Waals surface area contributed by atoms with Gasteiger partial charge in [-0.1, -0.05) is 163 Å². The van der Waals surface area contributed by atoms with Gasteiger partial charge in [0.05, 0.1) is 16.8 Å².